The number of ether oxygens (including phenoxy) is 1. The Bertz CT molecular complexity index is 1150. The molecule has 1 saturated heterocycles. The molecule has 168 valence electrons. The molecule has 3 rings (SSSR count). The molecular weight excluding hydrogens is 446 g/mol. The van der Waals surface area contributed by atoms with Crippen LogP contribution in [-0.2, 0) is 35.0 Å². The summed E-state index contributed by atoms with van der Waals surface area (Å²) < 4.78 is 58.6. The fourth-order valence-electron chi connectivity index (χ4n) is 3.48. The summed E-state index contributed by atoms with van der Waals surface area (Å²) in [6.45, 7) is 1.39. The topological polar surface area (TPSA) is 128 Å². The van der Waals surface area contributed by atoms with E-state index in [9.17, 15) is 26.4 Å². The monoisotopic (exact) mass is 469 g/mol. The first kappa shape index (κ1) is 23.0. The average molecular weight is 470 g/mol. The lowest BCUT2D eigenvalue weighted by Crippen LogP contribution is -2.43. The van der Waals surface area contributed by atoms with Crippen molar-refractivity contribution in [2.24, 2.45) is 0 Å². The molecule has 1 atom stereocenters. The second-order valence-corrected chi connectivity index (χ2v) is 11.4. The predicted molar refractivity (Wildman–Crippen MR) is 111 cm³/mol. The largest absolute Gasteiger partial charge is 0.457 e. The molecule has 0 spiro atoms. The van der Waals surface area contributed by atoms with E-state index in [-0.39, 0.29) is 34.3 Å². The van der Waals surface area contributed by atoms with Gasteiger partial charge in [0.1, 0.15) is 0 Å². The molecule has 1 aliphatic rings. The molecule has 1 fully saturated rings. The molecule has 1 aromatic heterocycles. The molecule has 0 radical (unpaired) electrons. The van der Waals surface area contributed by atoms with Gasteiger partial charge in [0, 0.05) is 18.2 Å². The lowest BCUT2D eigenvalue weighted by Gasteiger charge is -2.26. The SMILES string of the molecule is CCN(C(=O)COC(=O)c1occc1CS(=O)(=O)c1ccccc1)C1CCS(=O)(=O)C1. The van der Waals surface area contributed by atoms with E-state index in [1.54, 1.807) is 25.1 Å². The fraction of sp³-hybridized carbons (Fsp3) is 0.400. The third-order valence-electron chi connectivity index (χ3n) is 5.02. The van der Waals surface area contributed by atoms with Crippen LogP contribution in [0.3, 0.4) is 0 Å². The van der Waals surface area contributed by atoms with Crippen LogP contribution in [0.1, 0.15) is 29.5 Å². The van der Waals surface area contributed by atoms with Crippen LogP contribution in [0, 0.1) is 0 Å². The highest BCUT2D eigenvalue weighted by Crippen LogP contribution is 2.21. The summed E-state index contributed by atoms with van der Waals surface area (Å²) in [4.78, 5) is 26.4. The number of likely N-dealkylation sites (N-methyl/N-ethyl adjacent to an activating group) is 1. The number of rotatable bonds is 8. The van der Waals surface area contributed by atoms with Crippen molar-refractivity contribution in [3.05, 3.63) is 54.0 Å². The highest BCUT2D eigenvalue weighted by atomic mass is 32.2. The van der Waals surface area contributed by atoms with E-state index in [2.05, 4.69) is 0 Å². The number of nitrogens with zero attached hydrogens (tertiary/aromatic N) is 1. The van der Waals surface area contributed by atoms with Crippen molar-refractivity contribution in [1.29, 1.82) is 0 Å². The molecular formula is C20H23NO8S2. The van der Waals surface area contributed by atoms with Crippen LogP contribution in [-0.4, -0.2) is 64.3 Å². The molecule has 1 amide bonds. The summed E-state index contributed by atoms with van der Waals surface area (Å²) >= 11 is 0. The first-order chi connectivity index (χ1) is 14.6. The van der Waals surface area contributed by atoms with Crippen LogP contribution < -0.4 is 0 Å². The minimum absolute atomic E-state index is 0.0207. The van der Waals surface area contributed by atoms with E-state index in [1.807, 2.05) is 0 Å². The quantitative estimate of drug-likeness (QED) is 0.531. The van der Waals surface area contributed by atoms with Gasteiger partial charge in [-0.1, -0.05) is 18.2 Å². The van der Waals surface area contributed by atoms with E-state index in [0.717, 1.165) is 0 Å². The van der Waals surface area contributed by atoms with Gasteiger partial charge in [0.05, 0.1) is 28.4 Å². The summed E-state index contributed by atoms with van der Waals surface area (Å²) in [5.41, 5.74) is 0.121. The molecule has 2 aromatic rings. The van der Waals surface area contributed by atoms with Gasteiger partial charge >= 0.3 is 5.97 Å². The van der Waals surface area contributed by atoms with E-state index in [1.165, 1.54) is 29.4 Å². The summed E-state index contributed by atoms with van der Waals surface area (Å²) in [6.07, 6.45) is 1.52. The Kier molecular flexibility index (Phi) is 6.85. The van der Waals surface area contributed by atoms with Crippen molar-refractivity contribution in [2.45, 2.75) is 30.0 Å². The molecule has 9 nitrogen and oxygen atoms in total. The van der Waals surface area contributed by atoms with E-state index < -0.39 is 50.0 Å². The molecule has 0 bridgehead atoms. The Balaban J connectivity index is 1.64. The number of esters is 1. The Hall–Kier alpha value is -2.66. The maximum Gasteiger partial charge on any atom is 0.375 e. The molecule has 11 heteroatoms. The molecule has 1 aromatic carbocycles. The molecule has 1 aliphatic heterocycles. The fourth-order valence-corrected chi connectivity index (χ4v) is 6.59. The zero-order chi connectivity index (χ0) is 22.6. The van der Waals surface area contributed by atoms with Gasteiger partial charge in [-0.3, -0.25) is 4.79 Å². The van der Waals surface area contributed by atoms with Crippen molar-refractivity contribution in [1.82, 2.24) is 4.90 Å². The van der Waals surface area contributed by atoms with Gasteiger partial charge in [-0.15, -0.1) is 0 Å². The third kappa shape index (κ3) is 5.53. The maximum atomic E-state index is 12.6. The number of amides is 1. The van der Waals surface area contributed by atoms with E-state index in [0.29, 0.717) is 6.42 Å². The molecule has 0 saturated carbocycles. The van der Waals surface area contributed by atoms with E-state index >= 15 is 0 Å². The first-order valence-electron chi connectivity index (χ1n) is 9.64. The van der Waals surface area contributed by atoms with Crippen molar-refractivity contribution in [3.63, 3.8) is 0 Å². The Labute approximate surface area is 180 Å². The van der Waals surface area contributed by atoms with Gasteiger partial charge in [-0.25, -0.2) is 21.6 Å². The molecule has 0 N–H and O–H groups in total. The number of carbonyl (C=O) groups is 2. The maximum absolute atomic E-state index is 12.6. The van der Waals surface area contributed by atoms with Crippen LogP contribution in [0.25, 0.3) is 0 Å². The second-order valence-electron chi connectivity index (χ2n) is 7.16. The zero-order valence-electron chi connectivity index (χ0n) is 16.9. The standard InChI is InChI=1S/C20H23NO8S2/c1-2-21(16-9-11-30(24,25)14-16)18(22)12-29-20(23)19-15(8-10-28-19)13-31(26,27)17-6-4-3-5-7-17/h3-8,10,16H,2,9,11-14H2,1H3. The molecule has 31 heavy (non-hydrogen) atoms. The van der Waals surface area contributed by atoms with Gasteiger partial charge in [0.25, 0.3) is 5.91 Å². The lowest BCUT2D eigenvalue weighted by molar-refractivity contribution is -0.136. The highest BCUT2D eigenvalue weighted by molar-refractivity contribution is 7.91. The van der Waals surface area contributed by atoms with Crippen molar-refractivity contribution in [3.8, 4) is 0 Å². The number of benzene rings is 1. The smallest absolute Gasteiger partial charge is 0.375 e. The number of hydrogen-bond acceptors (Lipinski definition) is 8. The Morgan fingerprint density at radius 2 is 1.90 bits per heavy atom. The molecule has 0 aliphatic carbocycles. The second kappa shape index (κ2) is 9.23. The number of hydrogen-bond donors (Lipinski definition) is 0. The lowest BCUT2D eigenvalue weighted by atomic mass is 10.2. The van der Waals surface area contributed by atoms with Crippen LogP contribution in [0.4, 0.5) is 0 Å². The number of carbonyl (C=O) groups excluding carboxylic acids is 2. The van der Waals surface area contributed by atoms with Crippen LogP contribution in [0.5, 0.6) is 0 Å². The van der Waals surface area contributed by atoms with E-state index in [4.69, 9.17) is 9.15 Å². The Morgan fingerprint density at radius 1 is 1.19 bits per heavy atom. The van der Waals surface area contributed by atoms with Crippen LogP contribution in [0.2, 0.25) is 0 Å². The molecule has 2 heterocycles. The Morgan fingerprint density at radius 3 is 2.52 bits per heavy atom. The minimum atomic E-state index is -3.71. The van der Waals surface area contributed by atoms with Gasteiger partial charge in [0.15, 0.2) is 26.3 Å². The van der Waals surface area contributed by atoms with Crippen molar-refractivity contribution in [2.75, 3.05) is 24.7 Å². The molecule has 1 unspecified atom stereocenters. The first-order valence-corrected chi connectivity index (χ1v) is 13.1. The average Bonchev–Trinajstić information content (AvgIpc) is 3.33. The van der Waals surface area contributed by atoms with Gasteiger partial charge in [-0.2, -0.15) is 0 Å². The van der Waals surface area contributed by atoms with Crippen molar-refractivity contribution < 1.29 is 35.6 Å². The normalized spacial score (nSPS) is 17.9. The number of furan rings is 1. The van der Waals surface area contributed by atoms with Crippen LogP contribution >= 0.6 is 0 Å². The predicted octanol–water partition coefficient (Wildman–Crippen LogP) is 1.45. The third-order valence-corrected chi connectivity index (χ3v) is 8.45. The minimum Gasteiger partial charge on any atom is -0.457 e. The van der Waals surface area contributed by atoms with Crippen LogP contribution in [0.15, 0.2) is 52.0 Å². The number of sulfone groups is 2. The highest BCUT2D eigenvalue weighted by Gasteiger charge is 2.34. The van der Waals surface area contributed by atoms with Crippen molar-refractivity contribution >= 4 is 31.6 Å². The summed E-state index contributed by atoms with van der Waals surface area (Å²) in [6, 6.07) is 8.70. The van der Waals surface area contributed by atoms with Gasteiger partial charge in [-0.05, 0) is 31.5 Å². The van der Waals surface area contributed by atoms with Gasteiger partial charge in [0.2, 0.25) is 5.76 Å². The summed E-state index contributed by atoms with van der Waals surface area (Å²) in [5.74, 6) is -2.34. The van der Waals surface area contributed by atoms with Gasteiger partial charge < -0.3 is 14.1 Å². The summed E-state index contributed by atoms with van der Waals surface area (Å²) in [7, 11) is -6.88. The zero-order valence-corrected chi connectivity index (χ0v) is 18.5. The summed E-state index contributed by atoms with van der Waals surface area (Å²) in [5, 5.41) is 0.